The maximum Gasteiger partial charge on any atom is 0.0699 e. The first-order valence-electron chi connectivity index (χ1n) is 8.90. The van der Waals surface area contributed by atoms with E-state index in [-0.39, 0.29) is 38.2 Å². The van der Waals surface area contributed by atoms with Gasteiger partial charge in [0.25, 0.3) is 0 Å². The van der Waals surface area contributed by atoms with E-state index >= 15 is 0 Å². The van der Waals surface area contributed by atoms with Crippen LogP contribution in [0, 0.1) is 68.3 Å². The Morgan fingerprint density at radius 2 is 0.900 bits per heavy atom. The summed E-state index contributed by atoms with van der Waals surface area (Å²) in [5.74, 6) is 4.76. The van der Waals surface area contributed by atoms with Gasteiger partial charge in [-0.1, -0.05) is 44.3 Å². The molecule has 3 fully saturated rings. The molecule has 0 bridgehead atoms. The molecule has 0 spiro atoms. The van der Waals surface area contributed by atoms with E-state index in [9.17, 15) is 0 Å². The summed E-state index contributed by atoms with van der Waals surface area (Å²) in [5, 5.41) is 0. The van der Waals surface area contributed by atoms with Gasteiger partial charge >= 0.3 is 0 Å². The molecule has 20 heavy (non-hydrogen) atoms. The van der Waals surface area contributed by atoms with Gasteiger partial charge in [-0.05, 0) is 49.4 Å². The van der Waals surface area contributed by atoms with E-state index in [2.05, 4.69) is 6.42 Å². The van der Waals surface area contributed by atoms with Gasteiger partial charge in [-0.25, -0.2) is 0 Å². The second-order valence-corrected chi connectivity index (χ2v) is 7.55. The Morgan fingerprint density at radius 1 is 0.550 bits per heavy atom. The molecule has 3 saturated carbocycles. The molecule has 0 amide bonds. The Bertz CT molecular complexity index is 259. The van der Waals surface area contributed by atoms with Gasteiger partial charge in [0.15, 0.2) is 0 Å². The minimum Gasteiger partial charge on any atom is -0.328 e. The van der Waals surface area contributed by atoms with Crippen LogP contribution in [0.1, 0.15) is 77.0 Å². The summed E-state index contributed by atoms with van der Waals surface area (Å²) in [6.45, 7) is 0. The first kappa shape index (κ1) is 17.7. The molecule has 0 nitrogen and oxygen atoms in total. The maximum absolute atomic E-state index is 6.04. The molecule has 2 radical (unpaired) electrons. The van der Waals surface area contributed by atoms with Crippen LogP contribution in [0.25, 0.3) is 0 Å². The van der Waals surface area contributed by atoms with Crippen molar-refractivity contribution in [3.63, 3.8) is 0 Å². The van der Waals surface area contributed by atoms with Crippen LogP contribution in [0.3, 0.4) is 0 Å². The zero-order chi connectivity index (χ0) is 13.1. The van der Waals surface area contributed by atoms with Crippen molar-refractivity contribution in [2.75, 3.05) is 0 Å². The first-order chi connectivity index (χ1) is 9.33. The molecule has 0 saturated heterocycles. The standard InChI is InChI=1S/C18H30B.Dy/c19-18-12-10-17(11-13-18)16-8-6-15(7-9-16)14-4-2-1-3-5-14;/h1,14-18H,2-13H2;/q-1;. The van der Waals surface area contributed by atoms with E-state index in [1.165, 1.54) is 77.0 Å². The first-order valence-corrected chi connectivity index (χ1v) is 8.90. The van der Waals surface area contributed by atoms with E-state index in [4.69, 9.17) is 7.85 Å². The molecule has 0 unspecified atom stereocenters. The molecule has 3 aliphatic carbocycles. The van der Waals surface area contributed by atoms with Crippen LogP contribution in [-0.2, 0) is 0 Å². The number of hydrogen-bond donors (Lipinski definition) is 0. The van der Waals surface area contributed by atoms with Crippen molar-refractivity contribution in [1.29, 1.82) is 0 Å². The third kappa shape index (κ3) is 4.66. The van der Waals surface area contributed by atoms with E-state index in [1.807, 2.05) is 0 Å². The monoisotopic (exact) mass is 421 g/mol. The molecule has 116 valence electrons. The average molecular weight is 420 g/mol. The minimum atomic E-state index is 0. The van der Waals surface area contributed by atoms with Crippen LogP contribution in [0.4, 0.5) is 0 Å². The summed E-state index contributed by atoms with van der Waals surface area (Å²) in [7, 11) is 6.04. The number of hydrogen-bond acceptors (Lipinski definition) is 0. The van der Waals surface area contributed by atoms with Crippen LogP contribution < -0.4 is 0 Å². The summed E-state index contributed by atoms with van der Waals surface area (Å²) < 4.78 is 0. The molecule has 0 N–H and O–H groups in total. The van der Waals surface area contributed by atoms with Crippen LogP contribution >= 0.6 is 0 Å². The van der Waals surface area contributed by atoms with Gasteiger partial charge in [-0.3, -0.25) is 0 Å². The Balaban J connectivity index is 0.00000147. The Hall–Kier alpha value is 1.34. The second-order valence-electron chi connectivity index (χ2n) is 7.55. The van der Waals surface area contributed by atoms with Crippen molar-refractivity contribution in [3.8, 4) is 0 Å². The Morgan fingerprint density at radius 3 is 1.35 bits per heavy atom. The van der Waals surface area contributed by atoms with Crippen LogP contribution in [0.5, 0.6) is 0 Å². The fourth-order valence-corrected chi connectivity index (χ4v) is 5.13. The van der Waals surface area contributed by atoms with Gasteiger partial charge in [0.2, 0.25) is 0 Å². The molecular formula is C18H30BDy-. The predicted molar refractivity (Wildman–Crippen MR) is 83.2 cm³/mol. The van der Waals surface area contributed by atoms with Crippen LogP contribution in [-0.4, -0.2) is 7.85 Å². The molecular weight excluding hydrogens is 390 g/mol. The summed E-state index contributed by atoms with van der Waals surface area (Å²) in [4.78, 5) is 0. The smallest absolute Gasteiger partial charge is 0.0699 e. The molecule has 0 aromatic rings. The quantitative estimate of drug-likeness (QED) is 0.419. The van der Waals surface area contributed by atoms with E-state index < -0.39 is 0 Å². The Labute approximate surface area is 158 Å². The third-order valence-corrected chi connectivity index (χ3v) is 6.45. The second kappa shape index (κ2) is 8.84. The van der Waals surface area contributed by atoms with Crippen molar-refractivity contribution in [3.05, 3.63) is 6.42 Å². The molecule has 2 heteroatoms. The van der Waals surface area contributed by atoms with Gasteiger partial charge in [0.1, 0.15) is 0 Å². The zero-order valence-corrected chi connectivity index (χ0v) is 14.9. The van der Waals surface area contributed by atoms with E-state index in [0.29, 0.717) is 5.82 Å². The molecule has 3 aliphatic rings. The van der Waals surface area contributed by atoms with Crippen molar-refractivity contribution < 1.29 is 38.2 Å². The van der Waals surface area contributed by atoms with Crippen LogP contribution in [0.2, 0.25) is 5.82 Å². The van der Waals surface area contributed by atoms with E-state index in [1.54, 1.807) is 0 Å². The summed E-state index contributed by atoms with van der Waals surface area (Å²) >= 11 is 0. The minimum absolute atomic E-state index is 0. The number of rotatable bonds is 2. The summed E-state index contributed by atoms with van der Waals surface area (Å²) in [5.41, 5.74) is 0. The fraction of sp³-hybridized carbons (Fsp3) is 0.944. The van der Waals surface area contributed by atoms with Gasteiger partial charge < -0.3 is 6.42 Å². The van der Waals surface area contributed by atoms with Crippen molar-refractivity contribution in [2.45, 2.75) is 82.9 Å². The van der Waals surface area contributed by atoms with Gasteiger partial charge in [0.05, 0.1) is 7.85 Å². The molecule has 0 atom stereocenters. The van der Waals surface area contributed by atoms with Crippen molar-refractivity contribution in [2.24, 2.45) is 23.7 Å². The van der Waals surface area contributed by atoms with Crippen molar-refractivity contribution in [1.82, 2.24) is 0 Å². The SMILES string of the molecule is [B]C1CCC(C2CCC(C3CC[CH-]CC3)CC2)CC1.[Dy]. The predicted octanol–water partition coefficient (Wildman–Crippen LogP) is 5.33. The fourth-order valence-electron chi connectivity index (χ4n) is 5.13. The van der Waals surface area contributed by atoms with Gasteiger partial charge in [-0.2, -0.15) is 12.8 Å². The largest absolute Gasteiger partial charge is 0.328 e. The average Bonchev–Trinajstić information content (AvgIpc) is 2.49. The van der Waals surface area contributed by atoms with Gasteiger partial charge in [-0.15, -0.1) is 0 Å². The molecule has 0 aliphatic heterocycles. The molecule has 3 rings (SSSR count). The third-order valence-electron chi connectivity index (χ3n) is 6.45. The molecule has 0 aromatic heterocycles. The molecule has 0 heterocycles. The molecule has 0 aromatic carbocycles. The Kier molecular flexibility index (Phi) is 7.81. The van der Waals surface area contributed by atoms with E-state index in [0.717, 1.165) is 23.7 Å². The zero-order valence-electron chi connectivity index (χ0n) is 12.8. The summed E-state index contributed by atoms with van der Waals surface area (Å²) in [6.07, 6.45) is 19.9. The summed E-state index contributed by atoms with van der Waals surface area (Å²) in [6, 6.07) is 0. The maximum atomic E-state index is 6.04. The topological polar surface area (TPSA) is 0 Å². The van der Waals surface area contributed by atoms with Crippen LogP contribution in [0.15, 0.2) is 0 Å². The van der Waals surface area contributed by atoms with Crippen molar-refractivity contribution >= 4 is 7.85 Å². The normalized spacial score (nSPS) is 40.0. The van der Waals surface area contributed by atoms with Gasteiger partial charge in [0, 0.05) is 38.2 Å².